The van der Waals surface area contributed by atoms with Crippen LogP contribution in [0.1, 0.15) is 69.3 Å². The molecule has 1 aromatic carbocycles. The van der Waals surface area contributed by atoms with E-state index in [4.69, 9.17) is 0 Å². The number of likely N-dealkylation sites (tertiary alicyclic amines) is 1. The normalized spacial score (nSPS) is 23.4. The van der Waals surface area contributed by atoms with Crippen molar-refractivity contribution in [2.24, 2.45) is 5.92 Å². The van der Waals surface area contributed by atoms with Crippen LogP contribution in [0, 0.1) is 5.92 Å². The molecule has 0 bridgehead atoms. The van der Waals surface area contributed by atoms with Gasteiger partial charge in [-0.25, -0.2) is 8.42 Å². The fourth-order valence-corrected chi connectivity index (χ4v) is 6.35. The Morgan fingerprint density at radius 3 is 2.37 bits per heavy atom. The molecule has 2 aliphatic carbocycles. The van der Waals surface area contributed by atoms with Crippen LogP contribution in [0.25, 0.3) is 0 Å². The highest BCUT2D eigenvalue weighted by Crippen LogP contribution is 2.42. The summed E-state index contributed by atoms with van der Waals surface area (Å²) in [5.41, 5.74) is 2.20. The molecule has 0 N–H and O–H groups in total. The molecule has 1 aromatic rings. The van der Waals surface area contributed by atoms with Gasteiger partial charge in [-0.1, -0.05) is 31.4 Å². The SMILES string of the molecule is CS(=O)(=O)N(c1cccc(C2CC2)c1)[C@H](CN1CCCC1)C1CCCCC1. The van der Waals surface area contributed by atoms with Crippen molar-refractivity contribution in [1.82, 2.24) is 4.90 Å². The summed E-state index contributed by atoms with van der Waals surface area (Å²) < 4.78 is 27.8. The zero-order valence-corrected chi connectivity index (χ0v) is 17.5. The minimum absolute atomic E-state index is 0.0628. The Kier molecular flexibility index (Phi) is 5.79. The van der Waals surface area contributed by atoms with Gasteiger partial charge >= 0.3 is 0 Å². The number of nitrogens with zero attached hydrogens (tertiary/aromatic N) is 2. The molecule has 0 radical (unpaired) electrons. The third-order valence-corrected chi connectivity index (χ3v) is 7.87. The van der Waals surface area contributed by atoms with E-state index in [-0.39, 0.29) is 6.04 Å². The molecular formula is C22H34N2O2S. The monoisotopic (exact) mass is 390 g/mol. The average molecular weight is 391 g/mol. The summed E-state index contributed by atoms with van der Waals surface area (Å²) in [6.07, 6.45) is 12.5. The van der Waals surface area contributed by atoms with Crippen molar-refractivity contribution < 1.29 is 8.42 Å². The summed E-state index contributed by atoms with van der Waals surface area (Å²) in [7, 11) is -3.32. The standard InChI is InChI=1S/C22H34N2O2S/c1-27(25,26)24(21-11-7-10-20(16-21)18-12-13-18)22(17-23-14-5-6-15-23)19-8-3-2-4-9-19/h7,10-11,16,18-19,22H,2-6,8-9,12-15,17H2,1H3/t22-/m1/s1. The molecule has 0 amide bonds. The summed E-state index contributed by atoms with van der Waals surface area (Å²) in [6.45, 7) is 3.11. The van der Waals surface area contributed by atoms with E-state index in [0.717, 1.165) is 38.2 Å². The van der Waals surface area contributed by atoms with Crippen LogP contribution in [0.3, 0.4) is 0 Å². The van der Waals surface area contributed by atoms with Gasteiger partial charge in [0.25, 0.3) is 0 Å². The lowest BCUT2D eigenvalue weighted by molar-refractivity contribution is 0.235. The van der Waals surface area contributed by atoms with Gasteiger partial charge in [0.15, 0.2) is 0 Å². The number of benzene rings is 1. The predicted octanol–water partition coefficient (Wildman–Crippen LogP) is 4.37. The van der Waals surface area contributed by atoms with Gasteiger partial charge in [0.1, 0.15) is 0 Å². The van der Waals surface area contributed by atoms with E-state index < -0.39 is 10.0 Å². The minimum Gasteiger partial charge on any atom is -0.301 e. The van der Waals surface area contributed by atoms with Crippen LogP contribution in [-0.4, -0.2) is 45.2 Å². The molecule has 1 aliphatic heterocycles. The van der Waals surface area contributed by atoms with E-state index in [1.165, 1.54) is 56.8 Å². The molecule has 3 fully saturated rings. The molecule has 150 valence electrons. The first kappa shape index (κ1) is 19.3. The van der Waals surface area contributed by atoms with Crippen LogP contribution in [-0.2, 0) is 10.0 Å². The van der Waals surface area contributed by atoms with Crippen LogP contribution >= 0.6 is 0 Å². The summed E-state index contributed by atoms with van der Waals surface area (Å²) >= 11 is 0. The lowest BCUT2D eigenvalue weighted by Crippen LogP contribution is -2.50. The van der Waals surface area contributed by atoms with Crippen molar-refractivity contribution in [1.29, 1.82) is 0 Å². The molecular weight excluding hydrogens is 356 g/mol. The summed E-state index contributed by atoms with van der Waals surface area (Å²) in [4.78, 5) is 2.49. The van der Waals surface area contributed by atoms with Crippen LogP contribution in [0.4, 0.5) is 5.69 Å². The lowest BCUT2D eigenvalue weighted by Gasteiger charge is -2.40. The zero-order valence-electron chi connectivity index (χ0n) is 16.6. The third kappa shape index (κ3) is 4.68. The van der Waals surface area contributed by atoms with Gasteiger partial charge in [0.05, 0.1) is 18.0 Å². The Labute approximate surface area is 165 Å². The molecule has 27 heavy (non-hydrogen) atoms. The van der Waals surface area contributed by atoms with Crippen molar-refractivity contribution in [3.8, 4) is 0 Å². The number of hydrogen-bond donors (Lipinski definition) is 0. The van der Waals surface area contributed by atoms with Gasteiger partial charge in [0, 0.05) is 6.54 Å². The second-order valence-electron chi connectivity index (χ2n) is 8.90. The van der Waals surface area contributed by atoms with E-state index in [1.807, 2.05) is 6.07 Å². The largest absolute Gasteiger partial charge is 0.301 e. The molecule has 3 aliphatic rings. The number of anilines is 1. The Morgan fingerprint density at radius 2 is 1.74 bits per heavy atom. The molecule has 5 heteroatoms. The van der Waals surface area contributed by atoms with E-state index in [2.05, 4.69) is 23.1 Å². The van der Waals surface area contributed by atoms with E-state index >= 15 is 0 Å². The maximum Gasteiger partial charge on any atom is 0.232 e. The van der Waals surface area contributed by atoms with Crippen molar-refractivity contribution >= 4 is 15.7 Å². The molecule has 0 unspecified atom stereocenters. The molecule has 1 atom stereocenters. The first-order chi connectivity index (χ1) is 13.0. The second kappa shape index (κ2) is 8.12. The van der Waals surface area contributed by atoms with Crippen molar-refractivity contribution in [2.75, 3.05) is 30.2 Å². The maximum absolute atomic E-state index is 13.0. The second-order valence-corrected chi connectivity index (χ2v) is 10.8. The molecule has 4 nitrogen and oxygen atoms in total. The lowest BCUT2D eigenvalue weighted by atomic mass is 9.83. The zero-order chi connectivity index (χ0) is 18.9. The van der Waals surface area contributed by atoms with Gasteiger partial charge in [-0.3, -0.25) is 4.31 Å². The number of rotatable bonds is 7. The van der Waals surface area contributed by atoms with E-state index in [9.17, 15) is 8.42 Å². The van der Waals surface area contributed by atoms with Gasteiger partial charge in [-0.05, 0) is 81.1 Å². The Bertz CT molecular complexity index is 732. The van der Waals surface area contributed by atoms with Crippen molar-refractivity contribution in [3.05, 3.63) is 29.8 Å². The van der Waals surface area contributed by atoms with Crippen molar-refractivity contribution in [2.45, 2.75) is 69.7 Å². The predicted molar refractivity (Wildman–Crippen MR) is 112 cm³/mol. The Morgan fingerprint density at radius 1 is 1.04 bits per heavy atom. The molecule has 0 aromatic heterocycles. The maximum atomic E-state index is 13.0. The highest BCUT2D eigenvalue weighted by Gasteiger charge is 2.36. The summed E-state index contributed by atoms with van der Waals surface area (Å²) in [5, 5.41) is 0. The molecule has 1 heterocycles. The molecule has 4 rings (SSSR count). The van der Waals surface area contributed by atoms with E-state index in [0.29, 0.717) is 11.8 Å². The average Bonchev–Trinajstić information content (AvgIpc) is 3.38. The fraction of sp³-hybridized carbons (Fsp3) is 0.727. The summed E-state index contributed by atoms with van der Waals surface area (Å²) in [6, 6.07) is 8.44. The Balaban J connectivity index is 1.68. The smallest absolute Gasteiger partial charge is 0.232 e. The molecule has 0 spiro atoms. The quantitative estimate of drug-likeness (QED) is 0.694. The topological polar surface area (TPSA) is 40.6 Å². The van der Waals surface area contributed by atoms with Gasteiger partial charge in [-0.2, -0.15) is 0 Å². The minimum atomic E-state index is -3.32. The molecule has 2 saturated carbocycles. The van der Waals surface area contributed by atoms with Gasteiger partial charge < -0.3 is 4.90 Å². The Hall–Kier alpha value is -1.07. The van der Waals surface area contributed by atoms with Crippen LogP contribution in [0.5, 0.6) is 0 Å². The molecule has 1 saturated heterocycles. The highest BCUT2D eigenvalue weighted by atomic mass is 32.2. The van der Waals surface area contributed by atoms with Crippen molar-refractivity contribution in [3.63, 3.8) is 0 Å². The van der Waals surface area contributed by atoms with Crippen LogP contribution < -0.4 is 4.31 Å². The highest BCUT2D eigenvalue weighted by molar-refractivity contribution is 7.92. The number of hydrogen-bond acceptors (Lipinski definition) is 3. The van der Waals surface area contributed by atoms with Crippen LogP contribution in [0.2, 0.25) is 0 Å². The first-order valence-electron chi connectivity index (χ1n) is 10.8. The van der Waals surface area contributed by atoms with E-state index in [1.54, 1.807) is 4.31 Å². The number of sulfonamides is 1. The van der Waals surface area contributed by atoms with Gasteiger partial charge in [0.2, 0.25) is 10.0 Å². The van der Waals surface area contributed by atoms with Crippen LogP contribution in [0.15, 0.2) is 24.3 Å². The summed E-state index contributed by atoms with van der Waals surface area (Å²) in [5.74, 6) is 1.11. The third-order valence-electron chi connectivity index (χ3n) is 6.67. The fourth-order valence-electron chi connectivity index (χ4n) is 5.12. The van der Waals surface area contributed by atoms with Gasteiger partial charge in [-0.15, -0.1) is 0 Å². The first-order valence-corrected chi connectivity index (χ1v) is 12.7.